The van der Waals surface area contributed by atoms with Gasteiger partial charge >= 0.3 is 0 Å². The number of benzene rings is 2. The maximum absolute atomic E-state index is 13.9. The maximum Gasteiger partial charge on any atom is 0.257 e. The van der Waals surface area contributed by atoms with Crippen LogP contribution in [-0.4, -0.2) is 14.7 Å². The van der Waals surface area contributed by atoms with Crippen molar-refractivity contribution in [2.75, 3.05) is 0 Å². The molecule has 5 heteroatoms. The summed E-state index contributed by atoms with van der Waals surface area (Å²) in [5, 5.41) is 9.78. The zero-order valence-corrected chi connectivity index (χ0v) is 14.9. The Morgan fingerprint density at radius 1 is 1.15 bits per heavy atom. The normalized spacial score (nSPS) is 10.9. The average molecular weight is 352 g/mol. The van der Waals surface area contributed by atoms with Gasteiger partial charge in [0.1, 0.15) is 17.4 Å². The molecule has 0 fully saturated rings. The first-order valence-corrected chi connectivity index (χ1v) is 8.64. The number of phenols is 1. The summed E-state index contributed by atoms with van der Waals surface area (Å²) in [6.45, 7) is 4.04. The molecule has 1 aromatic heterocycles. The summed E-state index contributed by atoms with van der Waals surface area (Å²) in [6, 6.07) is 13.2. The fourth-order valence-electron chi connectivity index (χ4n) is 3.11. The number of rotatable bonds is 5. The van der Waals surface area contributed by atoms with E-state index in [2.05, 4.69) is 4.98 Å². The highest BCUT2D eigenvalue weighted by Crippen LogP contribution is 2.22. The summed E-state index contributed by atoms with van der Waals surface area (Å²) in [7, 11) is 0. The third-order valence-electron chi connectivity index (χ3n) is 4.49. The largest absolute Gasteiger partial charge is 0.508 e. The SMILES string of the molecule is CCc1c(C)nc(-c2cccc(O)c2)n(CCc2ccccc2F)c1=O. The molecule has 0 saturated heterocycles. The fraction of sp³-hybridized carbons (Fsp3) is 0.238. The monoisotopic (exact) mass is 352 g/mol. The average Bonchev–Trinajstić information content (AvgIpc) is 2.62. The van der Waals surface area contributed by atoms with Gasteiger partial charge in [-0.15, -0.1) is 0 Å². The van der Waals surface area contributed by atoms with Gasteiger partial charge in [-0.05, 0) is 43.5 Å². The molecule has 1 N–H and O–H groups in total. The Kier molecular flexibility index (Phi) is 5.16. The molecule has 2 aromatic carbocycles. The lowest BCUT2D eigenvalue weighted by atomic mass is 10.1. The Morgan fingerprint density at radius 3 is 2.62 bits per heavy atom. The summed E-state index contributed by atoms with van der Waals surface area (Å²) < 4.78 is 15.5. The van der Waals surface area contributed by atoms with Gasteiger partial charge < -0.3 is 5.11 Å². The van der Waals surface area contributed by atoms with Crippen LogP contribution in [0.5, 0.6) is 5.75 Å². The maximum atomic E-state index is 13.9. The number of phenolic OH excluding ortho intramolecular Hbond substituents is 1. The summed E-state index contributed by atoms with van der Waals surface area (Å²) in [6.07, 6.45) is 0.962. The van der Waals surface area contributed by atoms with Crippen LogP contribution >= 0.6 is 0 Å². The summed E-state index contributed by atoms with van der Waals surface area (Å²) in [5.41, 5.74) is 2.43. The molecule has 3 rings (SSSR count). The van der Waals surface area contributed by atoms with Gasteiger partial charge in [-0.25, -0.2) is 9.37 Å². The third kappa shape index (κ3) is 3.52. The van der Waals surface area contributed by atoms with Crippen molar-refractivity contribution in [3.8, 4) is 17.1 Å². The highest BCUT2D eigenvalue weighted by Gasteiger charge is 2.15. The van der Waals surface area contributed by atoms with E-state index in [0.29, 0.717) is 47.6 Å². The second-order valence-electron chi connectivity index (χ2n) is 6.20. The van der Waals surface area contributed by atoms with Gasteiger partial charge in [0.05, 0.1) is 0 Å². The predicted octanol–water partition coefficient (Wildman–Crippen LogP) is 3.87. The number of aromatic nitrogens is 2. The van der Waals surface area contributed by atoms with Gasteiger partial charge in [-0.2, -0.15) is 0 Å². The molecule has 0 atom stereocenters. The molecule has 134 valence electrons. The van der Waals surface area contributed by atoms with Crippen molar-refractivity contribution in [1.29, 1.82) is 0 Å². The van der Waals surface area contributed by atoms with E-state index in [1.807, 2.05) is 13.8 Å². The first kappa shape index (κ1) is 17.9. The van der Waals surface area contributed by atoms with Crippen molar-refractivity contribution >= 4 is 0 Å². The smallest absolute Gasteiger partial charge is 0.257 e. The molecule has 4 nitrogen and oxygen atoms in total. The highest BCUT2D eigenvalue weighted by atomic mass is 19.1. The van der Waals surface area contributed by atoms with Crippen molar-refractivity contribution in [3.63, 3.8) is 0 Å². The van der Waals surface area contributed by atoms with Gasteiger partial charge in [0.15, 0.2) is 0 Å². The number of hydrogen-bond acceptors (Lipinski definition) is 3. The van der Waals surface area contributed by atoms with Crippen LogP contribution in [-0.2, 0) is 19.4 Å². The minimum absolute atomic E-state index is 0.106. The van der Waals surface area contributed by atoms with Crippen LogP contribution in [0, 0.1) is 12.7 Å². The van der Waals surface area contributed by atoms with Crippen molar-refractivity contribution < 1.29 is 9.50 Å². The van der Waals surface area contributed by atoms with Crippen LogP contribution in [0.1, 0.15) is 23.7 Å². The lowest BCUT2D eigenvalue weighted by molar-refractivity contribution is 0.475. The van der Waals surface area contributed by atoms with Crippen LogP contribution in [0.25, 0.3) is 11.4 Å². The van der Waals surface area contributed by atoms with Crippen LogP contribution in [0.2, 0.25) is 0 Å². The van der Waals surface area contributed by atoms with Crippen molar-refractivity contribution in [2.45, 2.75) is 33.2 Å². The van der Waals surface area contributed by atoms with Crippen molar-refractivity contribution in [3.05, 3.63) is 81.5 Å². The lowest BCUT2D eigenvalue weighted by Gasteiger charge is -2.16. The molecule has 26 heavy (non-hydrogen) atoms. The van der Waals surface area contributed by atoms with Crippen LogP contribution in [0.3, 0.4) is 0 Å². The Morgan fingerprint density at radius 2 is 1.92 bits per heavy atom. The van der Waals surface area contributed by atoms with E-state index in [0.717, 1.165) is 0 Å². The van der Waals surface area contributed by atoms with Gasteiger partial charge in [-0.3, -0.25) is 9.36 Å². The van der Waals surface area contributed by atoms with E-state index in [1.54, 1.807) is 47.0 Å². The van der Waals surface area contributed by atoms with E-state index in [1.165, 1.54) is 6.07 Å². The second kappa shape index (κ2) is 7.52. The first-order chi connectivity index (χ1) is 12.5. The topological polar surface area (TPSA) is 55.1 Å². The highest BCUT2D eigenvalue weighted by molar-refractivity contribution is 5.58. The summed E-state index contributed by atoms with van der Waals surface area (Å²) in [4.78, 5) is 17.6. The minimum atomic E-state index is -0.282. The van der Waals surface area contributed by atoms with Gasteiger partial charge in [0.2, 0.25) is 0 Å². The van der Waals surface area contributed by atoms with Crippen molar-refractivity contribution in [2.24, 2.45) is 0 Å². The Balaban J connectivity index is 2.09. The van der Waals surface area contributed by atoms with Crippen LogP contribution in [0.15, 0.2) is 53.3 Å². The zero-order valence-electron chi connectivity index (χ0n) is 14.9. The molecule has 0 spiro atoms. The molecule has 0 amide bonds. The number of aryl methyl sites for hydroxylation is 2. The standard InChI is InChI=1S/C21H21FN2O2/c1-3-18-14(2)23-20(16-8-6-9-17(25)13-16)24(21(18)26)12-11-15-7-4-5-10-19(15)22/h4-10,13,25H,3,11-12H2,1-2H3. The van der Waals surface area contributed by atoms with Gasteiger partial charge in [0.25, 0.3) is 5.56 Å². The Hall–Kier alpha value is -2.95. The van der Waals surface area contributed by atoms with Gasteiger partial charge in [0, 0.05) is 23.4 Å². The molecular weight excluding hydrogens is 331 g/mol. The lowest BCUT2D eigenvalue weighted by Crippen LogP contribution is -2.28. The minimum Gasteiger partial charge on any atom is -0.508 e. The molecule has 0 saturated carbocycles. The predicted molar refractivity (Wildman–Crippen MR) is 99.8 cm³/mol. The van der Waals surface area contributed by atoms with E-state index in [-0.39, 0.29) is 17.1 Å². The number of nitrogens with zero attached hydrogens (tertiary/aromatic N) is 2. The number of halogens is 1. The third-order valence-corrected chi connectivity index (χ3v) is 4.49. The van der Waals surface area contributed by atoms with Gasteiger partial charge in [-0.1, -0.05) is 37.3 Å². The first-order valence-electron chi connectivity index (χ1n) is 8.64. The molecule has 1 heterocycles. The molecule has 0 radical (unpaired) electrons. The fourth-order valence-corrected chi connectivity index (χ4v) is 3.11. The molecule has 0 unspecified atom stereocenters. The number of aromatic hydroxyl groups is 1. The summed E-state index contributed by atoms with van der Waals surface area (Å²) >= 11 is 0. The van der Waals surface area contributed by atoms with Crippen LogP contribution < -0.4 is 5.56 Å². The van der Waals surface area contributed by atoms with E-state index in [4.69, 9.17) is 0 Å². The van der Waals surface area contributed by atoms with Crippen LogP contribution in [0.4, 0.5) is 4.39 Å². The molecule has 0 aliphatic carbocycles. The molecule has 3 aromatic rings. The van der Waals surface area contributed by atoms with E-state index in [9.17, 15) is 14.3 Å². The molecular formula is C21H21FN2O2. The Bertz CT molecular complexity index is 996. The van der Waals surface area contributed by atoms with Crippen molar-refractivity contribution in [1.82, 2.24) is 9.55 Å². The quantitative estimate of drug-likeness (QED) is 0.758. The molecule has 0 aliphatic rings. The van der Waals surface area contributed by atoms with E-state index < -0.39 is 0 Å². The molecule has 0 aliphatic heterocycles. The zero-order chi connectivity index (χ0) is 18.7. The van der Waals surface area contributed by atoms with E-state index >= 15 is 0 Å². The second-order valence-corrected chi connectivity index (χ2v) is 6.20. The summed E-state index contributed by atoms with van der Waals surface area (Å²) in [5.74, 6) is 0.307. The number of hydrogen-bond donors (Lipinski definition) is 1. The molecule has 0 bridgehead atoms. The Labute approximate surface area is 151 Å².